The van der Waals surface area contributed by atoms with Gasteiger partial charge in [0, 0.05) is 0 Å². The van der Waals surface area contributed by atoms with Crippen LogP contribution in [0.25, 0.3) is 0 Å². The third kappa shape index (κ3) is 4.43. The molecule has 0 N–H and O–H groups in total. The second-order valence-corrected chi connectivity index (χ2v) is 9.39. The molecule has 0 radical (unpaired) electrons. The molecule has 23 heavy (non-hydrogen) atoms. The average Bonchev–Trinajstić information content (AvgIpc) is 2.60. The van der Waals surface area contributed by atoms with Gasteiger partial charge >= 0.3 is 0 Å². The molecule has 0 aromatic carbocycles. The maximum absolute atomic E-state index is 2.63. The van der Waals surface area contributed by atoms with Gasteiger partial charge in [0.2, 0.25) is 0 Å². The molecule has 0 nitrogen and oxygen atoms in total. The lowest BCUT2D eigenvalue weighted by Crippen LogP contribution is -2.35. The molecule has 0 spiro atoms. The molecule has 132 valence electrons. The van der Waals surface area contributed by atoms with E-state index in [9.17, 15) is 0 Å². The highest BCUT2D eigenvalue weighted by atomic mass is 14.4. The van der Waals surface area contributed by atoms with Crippen LogP contribution in [0.3, 0.4) is 0 Å². The summed E-state index contributed by atoms with van der Waals surface area (Å²) >= 11 is 0. The topological polar surface area (TPSA) is 0 Å². The SMILES string of the molecule is CC1CCC(C2CCC(C=CC3CCCCC3)CC2)C(C)C1C. The largest absolute Gasteiger partial charge is 0.0851 e. The van der Waals surface area contributed by atoms with E-state index < -0.39 is 0 Å². The van der Waals surface area contributed by atoms with E-state index in [0.29, 0.717) is 0 Å². The lowest BCUT2D eigenvalue weighted by molar-refractivity contribution is 0.0613. The van der Waals surface area contributed by atoms with Gasteiger partial charge in [-0.3, -0.25) is 0 Å². The van der Waals surface area contributed by atoms with E-state index >= 15 is 0 Å². The van der Waals surface area contributed by atoms with Crippen LogP contribution in [-0.2, 0) is 0 Å². The highest BCUT2D eigenvalue weighted by Crippen LogP contribution is 2.46. The minimum absolute atomic E-state index is 0.906. The van der Waals surface area contributed by atoms with Crippen LogP contribution in [0.5, 0.6) is 0 Å². The maximum atomic E-state index is 2.63. The zero-order valence-corrected chi connectivity index (χ0v) is 16.0. The third-order valence-electron chi connectivity index (χ3n) is 8.08. The molecule has 3 fully saturated rings. The van der Waals surface area contributed by atoms with Gasteiger partial charge in [0.1, 0.15) is 0 Å². The molecule has 4 unspecified atom stereocenters. The summed E-state index contributed by atoms with van der Waals surface area (Å²) in [5, 5.41) is 0. The third-order valence-corrected chi connectivity index (χ3v) is 8.08. The first-order valence-electron chi connectivity index (χ1n) is 10.8. The Morgan fingerprint density at radius 3 is 1.83 bits per heavy atom. The van der Waals surface area contributed by atoms with E-state index in [1.54, 1.807) is 0 Å². The molecule has 0 aromatic rings. The standard InChI is InChI=1S/C23H40/c1-17-9-16-23(19(3)18(17)2)22-14-12-21(13-15-22)11-10-20-7-5-4-6-8-20/h10-11,17-23H,4-9,12-16H2,1-3H3. The van der Waals surface area contributed by atoms with Crippen molar-refractivity contribution in [2.24, 2.45) is 41.4 Å². The summed E-state index contributed by atoms with van der Waals surface area (Å²) in [6.07, 6.45) is 21.5. The van der Waals surface area contributed by atoms with Gasteiger partial charge in [0.15, 0.2) is 0 Å². The van der Waals surface area contributed by atoms with Crippen LogP contribution in [-0.4, -0.2) is 0 Å². The Hall–Kier alpha value is -0.260. The van der Waals surface area contributed by atoms with Gasteiger partial charge in [-0.2, -0.15) is 0 Å². The van der Waals surface area contributed by atoms with Crippen molar-refractivity contribution in [1.29, 1.82) is 0 Å². The average molecular weight is 317 g/mol. The molecular formula is C23H40. The molecule has 0 saturated heterocycles. The first-order chi connectivity index (χ1) is 11.1. The van der Waals surface area contributed by atoms with Crippen LogP contribution in [0.15, 0.2) is 12.2 Å². The minimum atomic E-state index is 0.906. The van der Waals surface area contributed by atoms with Crippen LogP contribution in [0.4, 0.5) is 0 Å². The summed E-state index contributed by atoms with van der Waals surface area (Å²) in [6.45, 7) is 7.55. The van der Waals surface area contributed by atoms with E-state index in [1.807, 2.05) is 0 Å². The van der Waals surface area contributed by atoms with Crippen molar-refractivity contribution in [1.82, 2.24) is 0 Å². The molecule has 0 heteroatoms. The summed E-state index contributed by atoms with van der Waals surface area (Å²) in [6, 6.07) is 0. The summed E-state index contributed by atoms with van der Waals surface area (Å²) in [7, 11) is 0. The van der Waals surface area contributed by atoms with E-state index in [-0.39, 0.29) is 0 Å². The molecular weight excluding hydrogens is 276 g/mol. The van der Waals surface area contributed by atoms with Gasteiger partial charge < -0.3 is 0 Å². The normalized spacial score (nSPS) is 43.8. The van der Waals surface area contributed by atoms with Crippen LogP contribution in [0, 0.1) is 41.4 Å². The predicted octanol–water partition coefficient (Wildman–Crippen LogP) is 7.25. The van der Waals surface area contributed by atoms with Gasteiger partial charge in [-0.1, -0.05) is 58.6 Å². The number of allylic oxidation sites excluding steroid dienone is 2. The molecule has 0 bridgehead atoms. The quantitative estimate of drug-likeness (QED) is 0.481. The maximum Gasteiger partial charge on any atom is -0.0233 e. The number of rotatable bonds is 3. The highest BCUT2D eigenvalue weighted by molar-refractivity contribution is 4.97. The molecule has 0 amide bonds. The van der Waals surface area contributed by atoms with Crippen LogP contribution in [0.2, 0.25) is 0 Å². The van der Waals surface area contributed by atoms with Crippen molar-refractivity contribution in [2.75, 3.05) is 0 Å². The molecule has 3 aliphatic rings. The first-order valence-corrected chi connectivity index (χ1v) is 10.8. The molecule has 4 atom stereocenters. The summed E-state index contributed by atoms with van der Waals surface area (Å²) in [4.78, 5) is 0. The van der Waals surface area contributed by atoms with Gasteiger partial charge in [-0.05, 0) is 86.4 Å². The first kappa shape index (κ1) is 17.6. The molecule has 3 aliphatic carbocycles. The Kier molecular flexibility index (Phi) is 6.27. The number of hydrogen-bond acceptors (Lipinski definition) is 0. The van der Waals surface area contributed by atoms with Gasteiger partial charge in [-0.15, -0.1) is 0 Å². The summed E-state index contributed by atoms with van der Waals surface area (Å²) in [5.41, 5.74) is 0. The van der Waals surface area contributed by atoms with Gasteiger partial charge in [-0.25, -0.2) is 0 Å². The molecule has 3 saturated carbocycles. The fraction of sp³-hybridized carbons (Fsp3) is 0.913. The summed E-state index contributed by atoms with van der Waals surface area (Å²) in [5.74, 6) is 6.75. The van der Waals surface area contributed by atoms with Crippen LogP contribution >= 0.6 is 0 Å². The van der Waals surface area contributed by atoms with Crippen molar-refractivity contribution in [3.8, 4) is 0 Å². The van der Waals surface area contributed by atoms with E-state index in [4.69, 9.17) is 0 Å². The van der Waals surface area contributed by atoms with Crippen molar-refractivity contribution >= 4 is 0 Å². The monoisotopic (exact) mass is 316 g/mol. The second-order valence-electron chi connectivity index (χ2n) is 9.39. The molecule has 0 aliphatic heterocycles. The fourth-order valence-corrected chi connectivity index (χ4v) is 5.96. The minimum Gasteiger partial charge on any atom is -0.0851 e. The Bertz CT molecular complexity index is 367. The van der Waals surface area contributed by atoms with Crippen molar-refractivity contribution in [2.45, 2.75) is 91.4 Å². The second kappa shape index (κ2) is 8.21. The Labute approximate surface area is 145 Å². The number of hydrogen-bond donors (Lipinski definition) is 0. The summed E-state index contributed by atoms with van der Waals surface area (Å²) < 4.78 is 0. The Morgan fingerprint density at radius 2 is 1.17 bits per heavy atom. The van der Waals surface area contributed by atoms with E-state index in [0.717, 1.165) is 41.4 Å². The zero-order valence-electron chi connectivity index (χ0n) is 16.0. The fourth-order valence-electron chi connectivity index (χ4n) is 5.96. The van der Waals surface area contributed by atoms with Gasteiger partial charge in [0.05, 0.1) is 0 Å². The Morgan fingerprint density at radius 1 is 0.565 bits per heavy atom. The zero-order chi connectivity index (χ0) is 16.2. The lowest BCUT2D eigenvalue weighted by Gasteiger charge is -2.44. The molecule has 3 rings (SSSR count). The van der Waals surface area contributed by atoms with Crippen molar-refractivity contribution < 1.29 is 0 Å². The van der Waals surface area contributed by atoms with Crippen LogP contribution < -0.4 is 0 Å². The smallest absolute Gasteiger partial charge is 0.0233 e. The predicted molar refractivity (Wildman–Crippen MR) is 101 cm³/mol. The van der Waals surface area contributed by atoms with E-state index in [1.165, 1.54) is 70.6 Å². The Balaban J connectivity index is 1.45. The molecule has 0 heterocycles. The molecule has 0 aromatic heterocycles. The van der Waals surface area contributed by atoms with Crippen molar-refractivity contribution in [3.05, 3.63) is 12.2 Å². The van der Waals surface area contributed by atoms with E-state index in [2.05, 4.69) is 32.9 Å². The van der Waals surface area contributed by atoms with Crippen LogP contribution in [0.1, 0.15) is 91.4 Å². The van der Waals surface area contributed by atoms with Crippen molar-refractivity contribution in [3.63, 3.8) is 0 Å². The highest BCUT2D eigenvalue weighted by Gasteiger charge is 2.37. The van der Waals surface area contributed by atoms with Gasteiger partial charge in [0.25, 0.3) is 0 Å². The lowest BCUT2D eigenvalue weighted by atomic mass is 9.61.